The number of likely N-dealkylation sites (N-methyl/N-ethyl adjacent to an activating group) is 2. The summed E-state index contributed by atoms with van der Waals surface area (Å²) in [5.41, 5.74) is -0.818. The Kier molecular flexibility index (Phi) is 12.6. The van der Waals surface area contributed by atoms with Crippen molar-refractivity contribution >= 4 is 29.5 Å². The Morgan fingerprint density at radius 3 is 2.12 bits per heavy atom. The van der Waals surface area contributed by atoms with Crippen molar-refractivity contribution in [3.8, 4) is 0 Å². The second kappa shape index (κ2) is 13.2. The number of thioether (sulfide) groups is 1. The molecule has 8 heteroatoms. The molecule has 0 spiro atoms. The molecule has 0 saturated heterocycles. The smallest absolute Gasteiger partial charge is 0.333 e. The molecular formula is C24H45N3O4S. The maximum absolute atomic E-state index is 13.6. The zero-order valence-electron chi connectivity index (χ0n) is 21.9. The summed E-state index contributed by atoms with van der Waals surface area (Å²) < 4.78 is 5.08. The molecule has 0 aromatic heterocycles. The Bertz CT molecular complexity index is 673. The molecule has 0 aliphatic rings. The van der Waals surface area contributed by atoms with Crippen LogP contribution in [0, 0.1) is 11.3 Å². The SMILES string of the molecule is CCOC(=O)C(C)=C[C@H](C(C)C)N(C)C(=O)[C@@H](NC(=O)C(C)(CCSC)NC)C(C)(C)C. The van der Waals surface area contributed by atoms with Gasteiger partial charge in [0.2, 0.25) is 11.8 Å². The lowest BCUT2D eigenvalue weighted by atomic mass is 9.84. The third-order valence-electron chi connectivity index (χ3n) is 5.74. The third kappa shape index (κ3) is 8.77. The maximum Gasteiger partial charge on any atom is 0.333 e. The lowest BCUT2D eigenvalue weighted by molar-refractivity contribution is -0.141. The van der Waals surface area contributed by atoms with E-state index >= 15 is 0 Å². The number of esters is 1. The van der Waals surface area contributed by atoms with Gasteiger partial charge in [-0.1, -0.05) is 40.7 Å². The number of ether oxygens (including phenoxy) is 1. The first kappa shape index (κ1) is 30.5. The van der Waals surface area contributed by atoms with Gasteiger partial charge in [0, 0.05) is 12.6 Å². The molecule has 0 saturated carbocycles. The van der Waals surface area contributed by atoms with E-state index in [1.54, 1.807) is 50.7 Å². The fourth-order valence-corrected chi connectivity index (χ4v) is 3.88. The summed E-state index contributed by atoms with van der Waals surface area (Å²) in [6.07, 6.45) is 4.42. The summed E-state index contributed by atoms with van der Waals surface area (Å²) in [5, 5.41) is 6.13. The Labute approximate surface area is 199 Å². The largest absolute Gasteiger partial charge is 0.463 e. The molecule has 0 fully saturated rings. The second-order valence-electron chi connectivity index (χ2n) is 9.85. The van der Waals surface area contributed by atoms with E-state index in [-0.39, 0.29) is 23.8 Å². The number of nitrogens with one attached hydrogen (secondary N) is 2. The highest BCUT2D eigenvalue weighted by Gasteiger charge is 2.40. The fraction of sp³-hybridized carbons (Fsp3) is 0.792. The van der Waals surface area contributed by atoms with E-state index < -0.39 is 23.0 Å². The van der Waals surface area contributed by atoms with Crippen LogP contribution in [0.1, 0.15) is 61.8 Å². The highest BCUT2D eigenvalue weighted by atomic mass is 32.2. The van der Waals surface area contributed by atoms with Gasteiger partial charge in [0.05, 0.1) is 18.2 Å². The molecule has 3 atom stereocenters. The van der Waals surface area contributed by atoms with Crippen LogP contribution in [0.5, 0.6) is 0 Å². The van der Waals surface area contributed by atoms with Crippen molar-refractivity contribution < 1.29 is 19.1 Å². The van der Waals surface area contributed by atoms with Crippen LogP contribution in [-0.2, 0) is 19.1 Å². The normalized spacial score (nSPS) is 16.2. The zero-order chi connectivity index (χ0) is 25.3. The van der Waals surface area contributed by atoms with Crippen LogP contribution in [0.4, 0.5) is 0 Å². The van der Waals surface area contributed by atoms with Gasteiger partial charge in [0.1, 0.15) is 6.04 Å². The quantitative estimate of drug-likeness (QED) is 0.336. The van der Waals surface area contributed by atoms with Crippen LogP contribution >= 0.6 is 11.8 Å². The molecule has 0 aromatic rings. The average molecular weight is 472 g/mol. The van der Waals surface area contributed by atoms with Gasteiger partial charge in [0.25, 0.3) is 0 Å². The molecule has 7 nitrogen and oxygen atoms in total. The van der Waals surface area contributed by atoms with Crippen LogP contribution in [0.2, 0.25) is 0 Å². The van der Waals surface area contributed by atoms with E-state index in [4.69, 9.17) is 4.74 Å². The fourth-order valence-electron chi connectivity index (χ4n) is 3.27. The number of hydrogen-bond acceptors (Lipinski definition) is 6. The van der Waals surface area contributed by atoms with Gasteiger partial charge < -0.3 is 20.3 Å². The molecule has 2 N–H and O–H groups in total. The minimum Gasteiger partial charge on any atom is -0.463 e. The lowest BCUT2D eigenvalue weighted by Crippen LogP contribution is -2.62. The van der Waals surface area contributed by atoms with E-state index in [9.17, 15) is 14.4 Å². The van der Waals surface area contributed by atoms with Crippen molar-refractivity contribution in [1.29, 1.82) is 0 Å². The van der Waals surface area contributed by atoms with Crippen LogP contribution in [-0.4, -0.2) is 73.0 Å². The first-order chi connectivity index (χ1) is 14.7. The predicted molar refractivity (Wildman–Crippen MR) is 134 cm³/mol. The highest BCUT2D eigenvalue weighted by Crippen LogP contribution is 2.25. The Morgan fingerprint density at radius 2 is 1.72 bits per heavy atom. The summed E-state index contributed by atoms with van der Waals surface area (Å²) in [4.78, 5) is 40.6. The van der Waals surface area contributed by atoms with Crippen molar-refractivity contribution in [3.05, 3.63) is 11.6 Å². The minimum atomic E-state index is -0.775. The zero-order valence-corrected chi connectivity index (χ0v) is 22.7. The third-order valence-corrected chi connectivity index (χ3v) is 6.36. The van der Waals surface area contributed by atoms with E-state index in [1.165, 1.54) is 0 Å². The molecular weight excluding hydrogens is 426 g/mol. The van der Waals surface area contributed by atoms with Crippen molar-refractivity contribution in [1.82, 2.24) is 15.5 Å². The average Bonchev–Trinajstić information content (AvgIpc) is 2.71. The van der Waals surface area contributed by atoms with Gasteiger partial charge in [-0.3, -0.25) is 9.59 Å². The minimum absolute atomic E-state index is 0.0637. The van der Waals surface area contributed by atoms with Crippen molar-refractivity contribution in [2.24, 2.45) is 11.3 Å². The van der Waals surface area contributed by atoms with E-state index in [0.717, 1.165) is 5.75 Å². The number of hydrogen-bond donors (Lipinski definition) is 2. The standard InChI is InChI=1S/C24H45N3O4S/c1-12-31-21(29)17(4)15-18(16(2)3)27(10)20(28)19(23(5,6)7)26-22(30)24(8,25-9)13-14-32-11/h15-16,18-19,25H,12-14H2,1-11H3,(H,26,30)/t18-,19-,24?/m1/s1. The first-order valence-corrected chi connectivity index (χ1v) is 12.7. The molecule has 0 rings (SSSR count). The summed E-state index contributed by atoms with van der Waals surface area (Å²) in [6.45, 7) is 15.4. The molecule has 0 heterocycles. The van der Waals surface area contributed by atoms with Gasteiger partial charge in [-0.2, -0.15) is 11.8 Å². The van der Waals surface area contributed by atoms with Gasteiger partial charge >= 0.3 is 5.97 Å². The summed E-state index contributed by atoms with van der Waals surface area (Å²) in [6, 6.07) is -1.04. The van der Waals surface area contributed by atoms with Crippen LogP contribution in [0.25, 0.3) is 0 Å². The molecule has 186 valence electrons. The van der Waals surface area contributed by atoms with Crippen LogP contribution in [0.3, 0.4) is 0 Å². The number of carbonyl (C=O) groups excluding carboxylic acids is 3. The van der Waals surface area contributed by atoms with E-state index in [0.29, 0.717) is 18.6 Å². The molecule has 0 bridgehead atoms. The van der Waals surface area contributed by atoms with Crippen LogP contribution in [0.15, 0.2) is 11.6 Å². The number of nitrogens with zero attached hydrogens (tertiary/aromatic N) is 1. The molecule has 1 unspecified atom stereocenters. The number of carbonyl (C=O) groups is 3. The highest BCUT2D eigenvalue weighted by molar-refractivity contribution is 7.98. The van der Waals surface area contributed by atoms with E-state index in [1.807, 2.05) is 47.8 Å². The monoisotopic (exact) mass is 471 g/mol. The second-order valence-corrected chi connectivity index (χ2v) is 10.8. The topological polar surface area (TPSA) is 87.7 Å². The summed E-state index contributed by atoms with van der Waals surface area (Å²) >= 11 is 1.68. The Morgan fingerprint density at radius 1 is 1.16 bits per heavy atom. The van der Waals surface area contributed by atoms with Gasteiger partial charge in [-0.15, -0.1) is 0 Å². The first-order valence-electron chi connectivity index (χ1n) is 11.3. The van der Waals surface area contributed by atoms with Gasteiger partial charge in [0.15, 0.2) is 0 Å². The van der Waals surface area contributed by atoms with Gasteiger partial charge in [-0.25, -0.2) is 4.79 Å². The molecule has 0 radical (unpaired) electrons. The van der Waals surface area contributed by atoms with Crippen molar-refractivity contribution in [2.45, 2.75) is 79.4 Å². The summed E-state index contributed by atoms with van der Waals surface area (Å²) in [7, 11) is 3.48. The Hall–Kier alpha value is -1.54. The molecule has 32 heavy (non-hydrogen) atoms. The van der Waals surface area contributed by atoms with Crippen molar-refractivity contribution in [3.63, 3.8) is 0 Å². The molecule has 2 amide bonds. The van der Waals surface area contributed by atoms with Gasteiger partial charge in [-0.05, 0) is 57.6 Å². The number of rotatable bonds is 12. The Balaban J connectivity index is 5.90. The number of amides is 2. The predicted octanol–water partition coefficient (Wildman–Crippen LogP) is 3.24. The summed E-state index contributed by atoms with van der Waals surface area (Å²) in [5.74, 6) is 0.106. The molecule has 0 aromatic carbocycles. The maximum atomic E-state index is 13.6. The molecule has 0 aliphatic carbocycles. The van der Waals surface area contributed by atoms with E-state index in [2.05, 4.69) is 10.6 Å². The molecule has 0 aliphatic heterocycles. The lowest BCUT2D eigenvalue weighted by Gasteiger charge is -2.39. The van der Waals surface area contributed by atoms with Crippen molar-refractivity contribution in [2.75, 3.05) is 32.7 Å². The van der Waals surface area contributed by atoms with Crippen LogP contribution < -0.4 is 10.6 Å².